The predicted octanol–water partition coefficient (Wildman–Crippen LogP) is 2.91. The Labute approximate surface area is 178 Å². The number of nitrogen functional groups attached to an aromatic ring is 1. The summed E-state index contributed by atoms with van der Waals surface area (Å²) in [6.07, 6.45) is 10.0. The van der Waals surface area contributed by atoms with Gasteiger partial charge in [-0.15, -0.1) is 6.58 Å². The van der Waals surface area contributed by atoms with Gasteiger partial charge in [-0.05, 0) is 12.1 Å². The number of pyridine rings is 2. The van der Waals surface area contributed by atoms with Gasteiger partial charge in [-0.1, -0.05) is 37.5 Å². The van der Waals surface area contributed by atoms with Crippen LogP contribution in [-0.2, 0) is 4.74 Å². The van der Waals surface area contributed by atoms with E-state index < -0.39 is 0 Å². The molecule has 9 heteroatoms. The van der Waals surface area contributed by atoms with Crippen LogP contribution in [0.25, 0.3) is 11.1 Å². The number of nitrogens with two attached hydrogens (primary N) is 3. The Morgan fingerprint density at radius 1 is 1.20 bits per heavy atom. The van der Waals surface area contributed by atoms with Crippen LogP contribution in [0.3, 0.4) is 0 Å². The van der Waals surface area contributed by atoms with Gasteiger partial charge in [0.1, 0.15) is 5.82 Å². The van der Waals surface area contributed by atoms with Crippen LogP contribution >= 0.6 is 0 Å². The van der Waals surface area contributed by atoms with E-state index in [-0.39, 0.29) is 0 Å². The number of nitrogens with zero attached hydrogens (tertiary/aromatic N) is 4. The topological polar surface area (TPSA) is 129 Å². The molecule has 0 bridgehead atoms. The van der Waals surface area contributed by atoms with Gasteiger partial charge in [0.05, 0.1) is 19.3 Å². The fourth-order valence-corrected chi connectivity index (χ4v) is 1.87. The minimum absolute atomic E-state index is 0.298. The van der Waals surface area contributed by atoms with E-state index in [1.165, 1.54) is 5.01 Å². The predicted molar refractivity (Wildman–Crippen MR) is 124 cm³/mol. The fraction of sp³-hybridized carbons (Fsp3) is 0.190. The Hall–Kier alpha value is -3.56. The number of anilines is 1. The Morgan fingerprint density at radius 3 is 2.23 bits per heavy atom. The molecule has 0 fully saturated rings. The second-order valence-electron chi connectivity index (χ2n) is 5.17. The van der Waals surface area contributed by atoms with Crippen molar-refractivity contribution in [2.75, 3.05) is 33.7 Å². The summed E-state index contributed by atoms with van der Waals surface area (Å²) in [5, 5.41) is 5.06. The number of hydrogen-bond donors (Lipinski definition) is 3. The van der Waals surface area contributed by atoms with Crippen LogP contribution in [0.4, 0.5) is 10.2 Å². The van der Waals surface area contributed by atoms with Crippen molar-refractivity contribution in [2.45, 2.75) is 0 Å². The van der Waals surface area contributed by atoms with Crippen LogP contribution in [0.2, 0.25) is 0 Å². The summed E-state index contributed by atoms with van der Waals surface area (Å²) in [7, 11) is 3.75. The van der Waals surface area contributed by atoms with E-state index in [1.807, 2.05) is 18.2 Å². The molecule has 0 aliphatic rings. The van der Waals surface area contributed by atoms with E-state index in [9.17, 15) is 4.39 Å². The molecule has 0 aliphatic heterocycles. The van der Waals surface area contributed by atoms with Crippen LogP contribution in [0.15, 0.2) is 79.9 Å². The number of hydrazone groups is 1. The van der Waals surface area contributed by atoms with E-state index in [0.717, 1.165) is 11.1 Å². The molecule has 8 nitrogen and oxygen atoms in total. The number of halogens is 1. The lowest BCUT2D eigenvalue weighted by atomic mass is 10.1. The molecular weight excluding hydrogens is 385 g/mol. The van der Waals surface area contributed by atoms with Gasteiger partial charge in [0, 0.05) is 43.9 Å². The lowest BCUT2D eigenvalue weighted by molar-refractivity contribution is 0.277. The summed E-state index contributed by atoms with van der Waals surface area (Å²) < 4.78 is 13.8. The van der Waals surface area contributed by atoms with Gasteiger partial charge in [0.15, 0.2) is 5.84 Å². The summed E-state index contributed by atoms with van der Waals surface area (Å²) in [5.41, 5.74) is 8.22. The Balaban J connectivity index is 0. The number of aromatic nitrogens is 2. The Kier molecular flexibility index (Phi) is 17.9. The summed E-state index contributed by atoms with van der Waals surface area (Å²) in [6.45, 7) is 10.7. The van der Waals surface area contributed by atoms with Crippen molar-refractivity contribution in [3.05, 3.63) is 80.3 Å². The van der Waals surface area contributed by atoms with Gasteiger partial charge in [0.25, 0.3) is 0 Å². The molecule has 0 spiro atoms. The highest BCUT2D eigenvalue weighted by molar-refractivity contribution is 6.02. The summed E-state index contributed by atoms with van der Waals surface area (Å²) >= 11 is 0. The maximum Gasteiger partial charge on any atom is 0.173 e. The summed E-state index contributed by atoms with van der Waals surface area (Å²) in [6, 6.07) is 5.59. The highest BCUT2D eigenvalue weighted by Crippen LogP contribution is 2.22. The number of hydrazine groups is 1. The first-order valence-corrected chi connectivity index (χ1v) is 8.59. The number of methoxy groups -OCH3 is 1. The van der Waals surface area contributed by atoms with Crippen molar-refractivity contribution >= 4 is 11.7 Å². The minimum Gasteiger partial charge on any atom is -0.388 e. The largest absolute Gasteiger partial charge is 0.388 e. The second kappa shape index (κ2) is 18.8. The molecular formula is C21H32FN7O. The van der Waals surface area contributed by atoms with Crippen LogP contribution in [0, 0.1) is 0 Å². The zero-order chi connectivity index (χ0) is 23.4. The molecule has 0 aliphatic carbocycles. The minimum atomic E-state index is 0.298. The molecule has 164 valence electrons. The van der Waals surface area contributed by atoms with Gasteiger partial charge in [-0.3, -0.25) is 14.4 Å². The Bertz CT molecular complexity index is 761. The highest BCUT2D eigenvalue weighted by atomic mass is 19.1. The number of rotatable bonds is 5. The second-order valence-corrected chi connectivity index (χ2v) is 5.17. The quantitative estimate of drug-likeness (QED) is 0.170. The van der Waals surface area contributed by atoms with Crippen LogP contribution in [0.1, 0.15) is 5.56 Å². The van der Waals surface area contributed by atoms with E-state index in [0.29, 0.717) is 30.9 Å². The molecule has 0 aromatic carbocycles. The van der Waals surface area contributed by atoms with Gasteiger partial charge < -0.3 is 16.3 Å². The van der Waals surface area contributed by atoms with Crippen LogP contribution in [-0.4, -0.2) is 48.8 Å². The van der Waals surface area contributed by atoms with Crippen LogP contribution < -0.4 is 17.4 Å². The third-order valence-electron chi connectivity index (χ3n) is 3.04. The third-order valence-corrected chi connectivity index (χ3v) is 3.04. The summed E-state index contributed by atoms with van der Waals surface area (Å²) in [5.74, 6) is 12.0. The fourth-order valence-electron chi connectivity index (χ4n) is 1.87. The Morgan fingerprint density at radius 2 is 1.80 bits per heavy atom. The molecule has 2 heterocycles. The SMILES string of the molecule is C=CC=C.C=CCN(N)/C(=N\N)c1cc(-c2cccnc2)cnc1N.CF.COC. The zero-order valence-electron chi connectivity index (χ0n) is 17.8. The maximum absolute atomic E-state index is 9.50. The first kappa shape index (κ1) is 28.6. The lowest BCUT2D eigenvalue weighted by Gasteiger charge is -2.19. The third kappa shape index (κ3) is 10.7. The molecule has 0 atom stereocenters. The number of hydrogen-bond acceptors (Lipinski definition) is 7. The molecule has 6 N–H and O–H groups in total. The van der Waals surface area contributed by atoms with Crippen molar-refractivity contribution in [2.24, 2.45) is 16.8 Å². The van der Waals surface area contributed by atoms with E-state index >= 15 is 0 Å². The maximum atomic E-state index is 9.50. The van der Waals surface area contributed by atoms with E-state index in [4.69, 9.17) is 17.4 Å². The van der Waals surface area contributed by atoms with Gasteiger partial charge in [-0.25, -0.2) is 10.8 Å². The molecule has 2 aromatic heterocycles. The first-order chi connectivity index (χ1) is 14.5. The molecule has 2 aromatic rings. The standard InChI is InChI=1S/C14H17N7.C4H6.C2H6O.CH3F/c1-2-6-21(17)14(20-16)12-7-11(9-19-13(12)15)10-4-3-5-18-8-10;1-3-4-2;1-3-2;1-2/h2-5,7-9H,1,6,16-17H2,(H2,15,19);3-4H,1-2H2;1-2H3;1H3/b20-14-;;;. The number of ether oxygens (including phenoxy) is 1. The molecule has 0 amide bonds. The number of amidine groups is 1. The average molecular weight is 418 g/mol. The van der Waals surface area contributed by atoms with Gasteiger partial charge in [-0.2, -0.15) is 5.10 Å². The normalized spacial score (nSPS) is 9.30. The van der Waals surface area contributed by atoms with Crippen molar-refractivity contribution in [1.82, 2.24) is 15.0 Å². The average Bonchev–Trinajstić information content (AvgIpc) is 2.78. The van der Waals surface area contributed by atoms with Crippen molar-refractivity contribution in [3.8, 4) is 11.1 Å². The van der Waals surface area contributed by atoms with Crippen molar-refractivity contribution < 1.29 is 9.13 Å². The first-order valence-electron chi connectivity index (χ1n) is 8.59. The van der Waals surface area contributed by atoms with Gasteiger partial charge in [0.2, 0.25) is 0 Å². The zero-order valence-corrected chi connectivity index (χ0v) is 17.8. The van der Waals surface area contributed by atoms with Crippen molar-refractivity contribution in [1.29, 1.82) is 0 Å². The molecule has 0 unspecified atom stereocenters. The molecule has 30 heavy (non-hydrogen) atoms. The highest BCUT2D eigenvalue weighted by Gasteiger charge is 2.15. The molecule has 0 saturated heterocycles. The van der Waals surface area contributed by atoms with Crippen LogP contribution in [0.5, 0.6) is 0 Å². The molecule has 2 rings (SSSR count). The van der Waals surface area contributed by atoms with E-state index in [2.05, 4.69) is 39.5 Å². The molecule has 0 saturated carbocycles. The smallest absolute Gasteiger partial charge is 0.173 e. The lowest BCUT2D eigenvalue weighted by Crippen LogP contribution is -2.39. The summed E-state index contributed by atoms with van der Waals surface area (Å²) in [4.78, 5) is 8.25. The number of alkyl halides is 1. The monoisotopic (exact) mass is 417 g/mol. The molecule has 0 radical (unpaired) electrons. The van der Waals surface area contributed by atoms with Gasteiger partial charge >= 0.3 is 0 Å². The van der Waals surface area contributed by atoms with E-state index in [1.54, 1.807) is 51.0 Å². The number of allylic oxidation sites excluding steroid dienone is 2. The van der Waals surface area contributed by atoms with Crippen molar-refractivity contribution in [3.63, 3.8) is 0 Å².